The SMILES string of the molecule is C=C(C(=O)O)C(COC(C)=O)CC1CCCCC1. The van der Waals surface area contributed by atoms with E-state index in [9.17, 15) is 9.59 Å². The van der Waals surface area contributed by atoms with E-state index in [2.05, 4.69) is 6.58 Å². The zero-order chi connectivity index (χ0) is 13.5. The number of carboxylic acid groups (broad SMARTS) is 1. The summed E-state index contributed by atoms with van der Waals surface area (Å²) in [6.07, 6.45) is 6.74. The standard InChI is InChI=1S/C14H22O4/c1-10(14(16)17)13(9-18-11(2)15)8-12-6-4-3-5-7-12/h12-13H,1,3-9H2,2H3,(H,16,17). The van der Waals surface area contributed by atoms with Crippen LogP contribution in [0.4, 0.5) is 0 Å². The highest BCUT2D eigenvalue weighted by Crippen LogP contribution is 2.31. The molecule has 0 aliphatic heterocycles. The van der Waals surface area contributed by atoms with E-state index in [-0.39, 0.29) is 24.1 Å². The molecular weight excluding hydrogens is 232 g/mol. The lowest BCUT2D eigenvalue weighted by Gasteiger charge is -2.26. The van der Waals surface area contributed by atoms with Crippen LogP contribution in [0.15, 0.2) is 12.2 Å². The highest BCUT2D eigenvalue weighted by Gasteiger charge is 2.24. The lowest BCUT2D eigenvalue weighted by atomic mass is 9.81. The molecule has 0 saturated heterocycles. The van der Waals surface area contributed by atoms with E-state index in [1.165, 1.54) is 26.2 Å². The van der Waals surface area contributed by atoms with Gasteiger partial charge in [0.05, 0.1) is 6.61 Å². The van der Waals surface area contributed by atoms with Gasteiger partial charge < -0.3 is 9.84 Å². The third-order valence-corrected chi connectivity index (χ3v) is 3.60. The number of hydrogen-bond donors (Lipinski definition) is 1. The Morgan fingerprint density at radius 1 is 1.33 bits per heavy atom. The van der Waals surface area contributed by atoms with Gasteiger partial charge in [0.25, 0.3) is 0 Å². The van der Waals surface area contributed by atoms with E-state index in [4.69, 9.17) is 9.84 Å². The van der Waals surface area contributed by atoms with Gasteiger partial charge in [0.2, 0.25) is 0 Å². The molecule has 1 rings (SSSR count). The highest BCUT2D eigenvalue weighted by atomic mass is 16.5. The van der Waals surface area contributed by atoms with Gasteiger partial charge in [-0.25, -0.2) is 4.79 Å². The van der Waals surface area contributed by atoms with Crippen LogP contribution in [0.3, 0.4) is 0 Å². The quantitative estimate of drug-likeness (QED) is 0.584. The summed E-state index contributed by atoms with van der Waals surface area (Å²) in [5.74, 6) is -1.09. The third-order valence-electron chi connectivity index (χ3n) is 3.60. The van der Waals surface area contributed by atoms with Crippen LogP contribution < -0.4 is 0 Å². The maximum absolute atomic E-state index is 11.0. The molecule has 0 bridgehead atoms. The van der Waals surface area contributed by atoms with Crippen molar-refractivity contribution in [1.29, 1.82) is 0 Å². The smallest absolute Gasteiger partial charge is 0.331 e. The van der Waals surface area contributed by atoms with Gasteiger partial charge >= 0.3 is 11.9 Å². The van der Waals surface area contributed by atoms with Crippen LogP contribution >= 0.6 is 0 Å². The zero-order valence-electron chi connectivity index (χ0n) is 11.0. The first-order valence-corrected chi connectivity index (χ1v) is 6.56. The largest absolute Gasteiger partial charge is 0.478 e. The minimum absolute atomic E-state index is 0.136. The number of carboxylic acids is 1. The maximum atomic E-state index is 11.0. The molecule has 102 valence electrons. The Kier molecular flexibility index (Phi) is 5.89. The van der Waals surface area contributed by atoms with Gasteiger partial charge in [-0.3, -0.25) is 4.79 Å². The molecule has 0 amide bonds. The van der Waals surface area contributed by atoms with E-state index in [0.29, 0.717) is 5.92 Å². The number of rotatable bonds is 6. The summed E-state index contributed by atoms with van der Waals surface area (Å²) < 4.78 is 4.95. The maximum Gasteiger partial charge on any atom is 0.331 e. The topological polar surface area (TPSA) is 63.6 Å². The van der Waals surface area contributed by atoms with Gasteiger partial charge in [-0.15, -0.1) is 0 Å². The monoisotopic (exact) mass is 254 g/mol. The second kappa shape index (κ2) is 7.19. The highest BCUT2D eigenvalue weighted by molar-refractivity contribution is 5.86. The summed E-state index contributed by atoms with van der Waals surface area (Å²) in [5, 5.41) is 9.01. The first-order chi connectivity index (χ1) is 8.50. The minimum atomic E-state index is -0.997. The van der Waals surface area contributed by atoms with Crippen molar-refractivity contribution in [3.63, 3.8) is 0 Å². The van der Waals surface area contributed by atoms with Crippen LogP contribution in [0.2, 0.25) is 0 Å². The van der Waals surface area contributed by atoms with E-state index < -0.39 is 5.97 Å². The minimum Gasteiger partial charge on any atom is -0.478 e. The molecular formula is C14H22O4. The van der Waals surface area contributed by atoms with Gasteiger partial charge in [0.15, 0.2) is 0 Å². The fourth-order valence-corrected chi connectivity index (χ4v) is 2.53. The molecule has 18 heavy (non-hydrogen) atoms. The van der Waals surface area contributed by atoms with Crippen molar-refractivity contribution >= 4 is 11.9 Å². The molecule has 1 saturated carbocycles. The summed E-state index contributed by atoms with van der Waals surface area (Å²) in [6, 6.07) is 0. The lowest BCUT2D eigenvalue weighted by Crippen LogP contribution is -2.22. The van der Waals surface area contributed by atoms with E-state index in [1.807, 2.05) is 0 Å². The molecule has 1 N–H and O–H groups in total. The number of ether oxygens (including phenoxy) is 1. The van der Waals surface area contributed by atoms with Gasteiger partial charge in [0.1, 0.15) is 0 Å². The molecule has 1 fully saturated rings. The molecule has 0 aromatic rings. The molecule has 1 atom stereocenters. The Balaban J connectivity index is 2.54. The van der Waals surface area contributed by atoms with Gasteiger partial charge in [-0.1, -0.05) is 38.7 Å². The number of carbonyl (C=O) groups is 2. The normalized spacial score (nSPS) is 18.1. The molecule has 4 nitrogen and oxygen atoms in total. The van der Waals surface area contributed by atoms with Gasteiger partial charge in [0, 0.05) is 18.4 Å². The Morgan fingerprint density at radius 2 is 1.94 bits per heavy atom. The predicted octanol–water partition coefficient (Wildman–Crippen LogP) is 2.78. The van der Waals surface area contributed by atoms with Crippen LogP contribution in [-0.4, -0.2) is 23.7 Å². The Labute approximate surface area is 108 Å². The molecule has 0 radical (unpaired) electrons. The molecule has 0 heterocycles. The van der Waals surface area contributed by atoms with Crippen molar-refractivity contribution in [2.24, 2.45) is 11.8 Å². The van der Waals surface area contributed by atoms with Crippen molar-refractivity contribution < 1.29 is 19.4 Å². The van der Waals surface area contributed by atoms with E-state index in [1.54, 1.807) is 0 Å². The Bertz CT molecular complexity index is 316. The van der Waals surface area contributed by atoms with Crippen molar-refractivity contribution in [3.05, 3.63) is 12.2 Å². The number of aliphatic carboxylic acids is 1. The number of esters is 1. The number of hydrogen-bond acceptors (Lipinski definition) is 3. The Hall–Kier alpha value is -1.32. The summed E-state index contributed by atoms with van der Waals surface area (Å²) in [4.78, 5) is 21.8. The number of carbonyl (C=O) groups excluding carboxylic acids is 1. The molecule has 0 spiro atoms. The van der Waals surface area contributed by atoms with E-state index in [0.717, 1.165) is 19.3 Å². The van der Waals surface area contributed by atoms with E-state index >= 15 is 0 Å². The van der Waals surface area contributed by atoms with Crippen molar-refractivity contribution in [2.75, 3.05) is 6.61 Å². The van der Waals surface area contributed by atoms with Gasteiger partial charge in [-0.2, -0.15) is 0 Å². The fourth-order valence-electron chi connectivity index (χ4n) is 2.53. The first-order valence-electron chi connectivity index (χ1n) is 6.56. The van der Waals surface area contributed by atoms with Crippen LogP contribution in [0.5, 0.6) is 0 Å². The predicted molar refractivity (Wildman–Crippen MR) is 68.1 cm³/mol. The lowest BCUT2D eigenvalue weighted by molar-refractivity contribution is -0.143. The first kappa shape index (κ1) is 14.7. The summed E-state index contributed by atoms with van der Waals surface area (Å²) in [7, 11) is 0. The average molecular weight is 254 g/mol. The molecule has 0 aromatic carbocycles. The van der Waals surface area contributed by atoms with Crippen LogP contribution in [-0.2, 0) is 14.3 Å². The summed E-state index contributed by atoms with van der Waals surface area (Å²) in [5.41, 5.74) is 0.154. The molecule has 1 aliphatic rings. The zero-order valence-corrected chi connectivity index (χ0v) is 11.0. The second-order valence-corrected chi connectivity index (χ2v) is 5.07. The Morgan fingerprint density at radius 3 is 2.44 bits per heavy atom. The van der Waals surface area contributed by atoms with Crippen LogP contribution in [0.1, 0.15) is 45.4 Å². The summed E-state index contributed by atoms with van der Waals surface area (Å²) >= 11 is 0. The van der Waals surface area contributed by atoms with Crippen molar-refractivity contribution in [2.45, 2.75) is 45.4 Å². The molecule has 0 aromatic heterocycles. The average Bonchev–Trinajstić information content (AvgIpc) is 2.34. The molecule has 4 heteroatoms. The van der Waals surface area contributed by atoms with Crippen molar-refractivity contribution in [1.82, 2.24) is 0 Å². The molecule has 1 unspecified atom stereocenters. The fraction of sp³-hybridized carbons (Fsp3) is 0.714. The second-order valence-electron chi connectivity index (χ2n) is 5.07. The van der Waals surface area contributed by atoms with Crippen LogP contribution in [0, 0.1) is 11.8 Å². The van der Waals surface area contributed by atoms with Gasteiger partial charge in [-0.05, 0) is 12.3 Å². The molecule has 1 aliphatic carbocycles. The van der Waals surface area contributed by atoms with Crippen molar-refractivity contribution in [3.8, 4) is 0 Å². The third kappa shape index (κ3) is 4.90. The van der Waals surface area contributed by atoms with Crippen LogP contribution in [0.25, 0.3) is 0 Å². The summed E-state index contributed by atoms with van der Waals surface area (Å²) in [6.45, 7) is 5.08.